The van der Waals surface area contributed by atoms with Gasteiger partial charge >= 0.3 is 0 Å². The van der Waals surface area contributed by atoms with E-state index in [1.165, 1.54) is 27.9 Å². The van der Waals surface area contributed by atoms with Crippen molar-refractivity contribution in [2.45, 2.75) is 38.8 Å². The largest absolute Gasteiger partial charge is 0.369 e. The molecule has 4 aliphatic rings. The topological polar surface area (TPSA) is 30.5 Å². The summed E-state index contributed by atoms with van der Waals surface area (Å²) in [6, 6.07) is 18.5. The van der Waals surface area contributed by atoms with Gasteiger partial charge in [-0.2, -0.15) is 0 Å². The molecule has 0 aliphatic carbocycles. The summed E-state index contributed by atoms with van der Waals surface area (Å²) in [4.78, 5) is 5.34. The predicted molar refractivity (Wildman–Crippen MR) is 141 cm³/mol. The zero-order valence-corrected chi connectivity index (χ0v) is 20.2. The third-order valence-corrected chi connectivity index (χ3v) is 8.53. The second kappa shape index (κ2) is 8.14. The van der Waals surface area contributed by atoms with E-state index in [0.29, 0.717) is 5.92 Å². The lowest BCUT2D eigenvalue weighted by atomic mass is 9.81. The SMILES string of the molecule is CCc1ccc2c3c1C(c1cc(-c4ccccc4)c4c5c1CNCCN5CC4)CN3CCNC2. The van der Waals surface area contributed by atoms with Crippen molar-refractivity contribution in [2.24, 2.45) is 0 Å². The van der Waals surface area contributed by atoms with Gasteiger partial charge in [-0.25, -0.2) is 0 Å². The molecule has 2 N–H and O–H groups in total. The average molecular weight is 451 g/mol. The van der Waals surface area contributed by atoms with Gasteiger partial charge in [0.1, 0.15) is 0 Å². The van der Waals surface area contributed by atoms with Crippen LogP contribution in [-0.2, 0) is 25.9 Å². The number of rotatable bonds is 3. The van der Waals surface area contributed by atoms with Crippen molar-refractivity contribution in [3.05, 3.63) is 81.9 Å². The van der Waals surface area contributed by atoms with Crippen LogP contribution in [0, 0.1) is 0 Å². The van der Waals surface area contributed by atoms with E-state index in [0.717, 1.165) is 65.2 Å². The molecule has 4 heterocycles. The highest BCUT2D eigenvalue weighted by Crippen LogP contribution is 2.50. The molecule has 4 nitrogen and oxygen atoms in total. The van der Waals surface area contributed by atoms with Gasteiger partial charge in [-0.05, 0) is 63.4 Å². The van der Waals surface area contributed by atoms with Crippen molar-refractivity contribution in [2.75, 3.05) is 49.1 Å². The molecule has 0 saturated carbocycles. The normalized spacial score (nSPS) is 20.7. The third kappa shape index (κ3) is 3.05. The fourth-order valence-corrected chi connectivity index (χ4v) is 7.00. The van der Waals surface area contributed by atoms with E-state index >= 15 is 0 Å². The van der Waals surface area contributed by atoms with E-state index in [9.17, 15) is 0 Å². The lowest BCUT2D eigenvalue weighted by molar-refractivity contribution is 0.671. The fourth-order valence-electron chi connectivity index (χ4n) is 7.00. The van der Waals surface area contributed by atoms with Crippen molar-refractivity contribution >= 4 is 11.4 Å². The smallest absolute Gasteiger partial charge is 0.0454 e. The Morgan fingerprint density at radius 1 is 0.853 bits per heavy atom. The first kappa shape index (κ1) is 20.5. The zero-order chi connectivity index (χ0) is 22.6. The van der Waals surface area contributed by atoms with Crippen LogP contribution < -0.4 is 20.4 Å². The van der Waals surface area contributed by atoms with Crippen molar-refractivity contribution in [1.29, 1.82) is 0 Å². The van der Waals surface area contributed by atoms with E-state index in [-0.39, 0.29) is 0 Å². The molecule has 4 aliphatic heterocycles. The fraction of sp³-hybridized carbons (Fsp3) is 0.400. The highest BCUT2D eigenvalue weighted by molar-refractivity contribution is 5.82. The average Bonchev–Trinajstić information content (AvgIpc) is 3.31. The molecule has 0 bridgehead atoms. The molecule has 1 atom stereocenters. The molecule has 0 fully saturated rings. The minimum Gasteiger partial charge on any atom is -0.369 e. The van der Waals surface area contributed by atoms with Gasteiger partial charge in [-0.15, -0.1) is 0 Å². The van der Waals surface area contributed by atoms with Crippen molar-refractivity contribution in [3.8, 4) is 11.1 Å². The van der Waals surface area contributed by atoms with Crippen LogP contribution in [0.15, 0.2) is 48.5 Å². The maximum Gasteiger partial charge on any atom is 0.0454 e. The first-order valence-electron chi connectivity index (χ1n) is 13.1. The highest BCUT2D eigenvalue weighted by Gasteiger charge is 2.38. The van der Waals surface area contributed by atoms with Gasteiger partial charge in [0, 0.05) is 69.7 Å². The van der Waals surface area contributed by atoms with Crippen LogP contribution in [0.2, 0.25) is 0 Å². The third-order valence-electron chi connectivity index (χ3n) is 8.53. The molecule has 0 saturated heterocycles. The van der Waals surface area contributed by atoms with Crippen molar-refractivity contribution in [3.63, 3.8) is 0 Å². The molecular weight excluding hydrogens is 416 g/mol. The number of benzene rings is 3. The highest BCUT2D eigenvalue weighted by atomic mass is 15.2. The number of aryl methyl sites for hydroxylation is 1. The summed E-state index contributed by atoms with van der Waals surface area (Å²) in [7, 11) is 0. The van der Waals surface area contributed by atoms with Crippen LogP contribution in [0.3, 0.4) is 0 Å². The number of hydrogen-bond donors (Lipinski definition) is 2. The second-order valence-electron chi connectivity index (χ2n) is 10.3. The Bertz CT molecular complexity index is 1250. The van der Waals surface area contributed by atoms with Crippen LogP contribution >= 0.6 is 0 Å². The van der Waals surface area contributed by atoms with Crippen molar-refractivity contribution < 1.29 is 0 Å². The molecule has 3 aromatic carbocycles. The molecule has 0 spiro atoms. The van der Waals surface area contributed by atoms with Gasteiger partial charge in [-0.3, -0.25) is 0 Å². The molecule has 4 heteroatoms. The lowest BCUT2D eigenvalue weighted by Crippen LogP contribution is -2.28. The Hall–Kier alpha value is -2.82. The summed E-state index contributed by atoms with van der Waals surface area (Å²) in [5.41, 5.74) is 15.2. The summed E-state index contributed by atoms with van der Waals surface area (Å²) in [6.07, 6.45) is 2.26. The summed E-state index contributed by atoms with van der Waals surface area (Å²) < 4.78 is 0. The molecule has 174 valence electrons. The number of nitrogens with one attached hydrogen (secondary N) is 2. The Morgan fingerprint density at radius 3 is 2.53 bits per heavy atom. The van der Waals surface area contributed by atoms with Crippen LogP contribution in [0.1, 0.15) is 46.2 Å². The minimum atomic E-state index is 0.438. The quantitative estimate of drug-likeness (QED) is 0.618. The van der Waals surface area contributed by atoms with E-state index in [4.69, 9.17) is 0 Å². The molecule has 0 aromatic heterocycles. The summed E-state index contributed by atoms with van der Waals surface area (Å²) in [5.74, 6) is 0.438. The van der Waals surface area contributed by atoms with Crippen LogP contribution in [-0.4, -0.2) is 39.3 Å². The Balaban J connectivity index is 1.49. The molecule has 0 amide bonds. The predicted octanol–water partition coefficient (Wildman–Crippen LogP) is 4.44. The maximum atomic E-state index is 3.76. The first-order chi connectivity index (χ1) is 16.8. The Labute approximate surface area is 203 Å². The Morgan fingerprint density at radius 2 is 1.68 bits per heavy atom. The molecular formula is C30H34N4. The summed E-state index contributed by atoms with van der Waals surface area (Å²) in [5, 5.41) is 7.40. The summed E-state index contributed by atoms with van der Waals surface area (Å²) >= 11 is 0. The zero-order valence-electron chi connectivity index (χ0n) is 20.2. The van der Waals surface area contributed by atoms with Gasteiger partial charge in [0.2, 0.25) is 0 Å². The summed E-state index contributed by atoms with van der Waals surface area (Å²) in [6.45, 7) is 10.9. The maximum absolute atomic E-state index is 3.76. The molecule has 3 aromatic rings. The van der Waals surface area contributed by atoms with Crippen LogP contribution in [0.5, 0.6) is 0 Å². The lowest BCUT2D eigenvalue weighted by Gasteiger charge is -2.26. The number of hydrogen-bond acceptors (Lipinski definition) is 4. The van der Waals surface area contributed by atoms with Gasteiger partial charge in [-0.1, -0.05) is 49.4 Å². The van der Waals surface area contributed by atoms with E-state index in [1.54, 1.807) is 27.9 Å². The van der Waals surface area contributed by atoms with Gasteiger partial charge in [0.05, 0.1) is 0 Å². The minimum absolute atomic E-state index is 0.438. The van der Waals surface area contributed by atoms with E-state index in [2.05, 4.69) is 75.9 Å². The standard InChI is InChI=1S/C30H34N4/c1-2-20-8-9-22-17-31-12-15-34-19-27(28(20)29(22)34)25-16-24(21-6-4-3-5-7-21)23-10-13-33-14-11-32-18-26(25)30(23)33/h3-9,16,27,31-32H,2,10-15,17-19H2,1H3. The molecule has 7 rings (SSSR count). The Kier molecular flexibility index (Phi) is 4.92. The van der Waals surface area contributed by atoms with Gasteiger partial charge in [0.15, 0.2) is 0 Å². The van der Waals surface area contributed by atoms with E-state index in [1.807, 2.05) is 0 Å². The van der Waals surface area contributed by atoms with Crippen LogP contribution in [0.4, 0.5) is 11.4 Å². The monoisotopic (exact) mass is 450 g/mol. The van der Waals surface area contributed by atoms with Crippen LogP contribution in [0.25, 0.3) is 11.1 Å². The number of anilines is 2. The molecule has 34 heavy (non-hydrogen) atoms. The molecule has 1 unspecified atom stereocenters. The van der Waals surface area contributed by atoms with Gasteiger partial charge < -0.3 is 20.4 Å². The number of nitrogens with zero attached hydrogens (tertiary/aromatic N) is 2. The molecule has 0 radical (unpaired) electrons. The second-order valence-corrected chi connectivity index (χ2v) is 10.3. The van der Waals surface area contributed by atoms with E-state index < -0.39 is 0 Å². The first-order valence-corrected chi connectivity index (χ1v) is 13.1. The van der Waals surface area contributed by atoms with Crippen molar-refractivity contribution in [1.82, 2.24) is 10.6 Å². The van der Waals surface area contributed by atoms with Gasteiger partial charge in [0.25, 0.3) is 0 Å².